The summed E-state index contributed by atoms with van der Waals surface area (Å²) in [6.07, 6.45) is 7.13. The molecule has 0 aromatic heterocycles. The molecule has 1 aliphatic rings. The van der Waals surface area contributed by atoms with Gasteiger partial charge in [-0.1, -0.05) is 46.0 Å². The van der Waals surface area contributed by atoms with Crippen LogP contribution >= 0.6 is 11.8 Å². The fraction of sp³-hybridized carbons (Fsp3) is 1.00. The van der Waals surface area contributed by atoms with Crippen LogP contribution in [0.25, 0.3) is 0 Å². The zero-order chi connectivity index (χ0) is 14.3. The second-order valence-corrected chi connectivity index (χ2v) is 7.79. The van der Waals surface area contributed by atoms with Crippen molar-refractivity contribution in [1.82, 2.24) is 0 Å². The third kappa shape index (κ3) is 6.98. The van der Waals surface area contributed by atoms with Gasteiger partial charge in [-0.15, -0.1) is 0 Å². The lowest BCUT2D eigenvalue weighted by Crippen LogP contribution is -2.44. The molecule has 3 atom stereocenters. The zero-order valence-corrected chi connectivity index (χ0v) is 13.2. The predicted octanol–water partition coefficient (Wildman–Crippen LogP) is 2.54. The van der Waals surface area contributed by atoms with Gasteiger partial charge in [-0.05, 0) is 24.0 Å². The standard InChI is InChI=1S/C15H31NO2S/c1-11(2)19-10-14(17)15(18)13(16)9-8-12-6-4-3-5-7-12/h11-15,17-18H,3-10,16H2,1-2H3/t13-,14+,15+/m0/s1. The van der Waals surface area contributed by atoms with Gasteiger partial charge in [0, 0.05) is 11.8 Å². The molecule has 114 valence electrons. The number of aliphatic hydroxyl groups is 2. The molecule has 0 spiro atoms. The van der Waals surface area contributed by atoms with Crippen LogP contribution in [0.3, 0.4) is 0 Å². The number of aliphatic hydroxyl groups excluding tert-OH is 2. The Morgan fingerprint density at radius 3 is 2.37 bits per heavy atom. The normalized spacial score (nSPS) is 22.4. The molecule has 1 rings (SSSR count). The summed E-state index contributed by atoms with van der Waals surface area (Å²) in [6, 6.07) is -0.287. The third-order valence-electron chi connectivity index (χ3n) is 4.07. The van der Waals surface area contributed by atoms with E-state index in [1.807, 2.05) is 0 Å². The Hall–Kier alpha value is 0.230. The van der Waals surface area contributed by atoms with E-state index in [4.69, 9.17) is 5.73 Å². The van der Waals surface area contributed by atoms with Crippen LogP contribution in [0.1, 0.15) is 58.8 Å². The molecular weight excluding hydrogens is 258 g/mol. The first-order valence-electron chi connectivity index (χ1n) is 7.74. The molecule has 0 bridgehead atoms. The molecule has 19 heavy (non-hydrogen) atoms. The van der Waals surface area contributed by atoms with Crippen molar-refractivity contribution in [3.8, 4) is 0 Å². The number of hydrogen-bond donors (Lipinski definition) is 3. The van der Waals surface area contributed by atoms with Crippen LogP contribution < -0.4 is 5.73 Å². The monoisotopic (exact) mass is 289 g/mol. The van der Waals surface area contributed by atoms with E-state index in [0.29, 0.717) is 11.0 Å². The summed E-state index contributed by atoms with van der Waals surface area (Å²) >= 11 is 1.67. The van der Waals surface area contributed by atoms with Crippen molar-refractivity contribution < 1.29 is 10.2 Å². The summed E-state index contributed by atoms with van der Waals surface area (Å²) < 4.78 is 0. The number of rotatable bonds is 8. The van der Waals surface area contributed by atoms with Crippen molar-refractivity contribution in [2.45, 2.75) is 82.3 Å². The minimum atomic E-state index is -0.783. The fourth-order valence-corrected chi connectivity index (χ4v) is 3.53. The van der Waals surface area contributed by atoms with Crippen molar-refractivity contribution in [2.75, 3.05) is 5.75 Å². The van der Waals surface area contributed by atoms with E-state index in [1.54, 1.807) is 11.8 Å². The molecule has 0 unspecified atom stereocenters. The Kier molecular flexibility index (Phi) is 8.38. The van der Waals surface area contributed by atoms with Crippen LogP contribution in [0, 0.1) is 5.92 Å². The molecule has 0 saturated heterocycles. The van der Waals surface area contributed by atoms with E-state index in [1.165, 1.54) is 32.1 Å². The summed E-state index contributed by atoms with van der Waals surface area (Å²) in [5, 5.41) is 20.4. The molecule has 4 heteroatoms. The highest BCUT2D eigenvalue weighted by Crippen LogP contribution is 2.28. The van der Waals surface area contributed by atoms with Crippen LogP contribution in [-0.4, -0.2) is 39.5 Å². The average molecular weight is 289 g/mol. The van der Waals surface area contributed by atoms with Gasteiger partial charge >= 0.3 is 0 Å². The van der Waals surface area contributed by atoms with E-state index in [2.05, 4.69) is 13.8 Å². The molecule has 1 fully saturated rings. The van der Waals surface area contributed by atoms with E-state index in [0.717, 1.165) is 18.8 Å². The van der Waals surface area contributed by atoms with Crippen molar-refractivity contribution in [3.05, 3.63) is 0 Å². The number of thioether (sulfide) groups is 1. The highest BCUT2D eigenvalue weighted by Gasteiger charge is 2.24. The lowest BCUT2D eigenvalue weighted by Gasteiger charge is -2.27. The van der Waals surface area contributed by atoms with Crippen molar-refractivity contribution in [3.63, 3.8) is 0 Å². The maximum Gasteiger partial charge on any atom is 0.0957 e. The van der Waals surface area contributed by atoms with Gasteiger partial charge in [0.25, 0.3) is 0 Å². The minimum absolute atomic E-state index is 0.287. The van der Waals surface area contributed by atoms with E-state index < -0.39 is 12.2 Å². The Morgan fingerprint density at radius 2 is 1.79 bits per heavy atom. The van der Waals surface area contributed by atoms with Gasteiger partial charge in [0.05, 0.1) is 12.2 Å². The quantitative estimate of drug-likeness (QED) is 0.642. The zero-order valence-electron chi connectivity index (χ0n) is 12.4. The smallest absolute Gasteiger partial charge is 0.0957 e. The molecule has 1 aliphatic carbocycles. The summed E-state index contributed by atoms with van der Waals surface area (Å²) in [4.78, 5) is 0. The molecule has 0 aromatic carbocycles. The number of hydrogen-bond acceptors (Lipinski definition) is 4. The molecule has 4 N–H and O–H groups in total. The van der Waals surface area contributed by atoms with Gasteiger partial charge in [-0.25, -0.2) is 0 Å². The van der Waals surface area contributed by atoms with Gasteiger partial charge in [0.15, 0.2) is 0 Å². The molecule has 0 aliphatic heterocycles. The Balaban J connectivity index is 2.20. The highest BCUT2D eigenvalue weighted by molar-refractivity contribution is 7.99. The van der Waals surface area contributed by atoms with Crippen molar-refractivity contribution >= 4 is 11.8 Å². The summed E-state index contributed by atoms with van der Waals surface area (Å²) in [7, 11) is 0. The predicted molar refractivity (Wildman–Crippen MR) is 83.4 cm³/mol. The Bertz CT molecular complexity index is 232. The van der Waals surface area contributed by atoms with Crippen molar-refractivity contribution in [2.24, 2.45) is 11.7 Å². The molecule has 0 radical (unpaired) electrons. The van der Waals surface area contributed by atoms with Gasteiger partial charge in [-0.3, -0.25) is 0 Å². The van der Waals surface area contributed by atoms with E-state index in [-0.39, 0.29) is 6.04 Å². The maximum absolute atomic E-state index is 10.0. The van der Waals surface area contributed by atoms with Crippen LogP contribution in [0.2, 0.25) is 0 Å². The fourth-order valence-electron chi connectivity index (χ4n) is 2.75. The summed E-state index contributed by atoms with van der Waals surface area (Å²) in [5.41, 5.74) is 6.02. The topological polar surface area (TPSA) is 66.5 Å². The molecule has 3 nitrogen and oxygen atoms in total. The summed E-state index contributed by atoms with van der Waals surface area (Å²) in [5.74, 6) is 1.35. The van der Waals surface area contributed by atoms with Crippen molar-refractivity contribution in [1.29, 1.82) is 0 Å². The van der Waals surface area contributed by atoms with Crippen LogP contribution in [0.5, 0.6) is 0 Å². The Morgan fingerprint density at radius 1 is 1.16 bits per heavy atom. The second kappa shape index (κ2) is 9.22. The molecule has 0 heterocycles. The molecule has 0 aromatic rings. The van der Waals surface area contributed by atoms with E-state index in [9.17, 15) is 10.2 Å². The van der Waals surface area contributed by atoms with Crippen LogP contribution in [0.4, 0.5) is 0 Å². The first-order valence-corrected chi connectivity index (χ1v) is 8.79. The molecule has 0 amide bonds. The minimum Gasteiger partial charge on any atom is -0.390 e. The Labute approximate surface area is 122 Å². The first kappa shape index (κ1) is 17.3. The van der Waals surface area contributed by atoms with Gasteiger partial charge < -0.3 is 15.9 Å². The third-order valence-corrected chi connectivity index (χ3v) is 5.27. The lowest BCUT2D eigenvalue weighted by molar-refractivity contribution is 0.0146. The van der Waals surface area contributed by atoms with Gasteiger partial charge in [0.2, 0.25) is 0 Å². The second-order valence-electron chi connectivity index (χ2n) is 6.19. The molecular formula is C15H31NO2S. The highest BCUT2D eigenvalue weighted by atomic mass is 32.2. The van der Waals surface area contributed by atoms with Gasteiger partial charge in [0.1, 0.15) is 0 Å². The summed E-state index contributed by atoms with van der Waals surface area (Å²) in [6.45, 7) is 4.18. The first-order chi connectivity index (χ1) is 9.00. The van der Waals surface area contributed by atoms with Crippen LogP contribution in [0.15, 0.2) is 0 Å². The molecule has 1 saturated carbocycles. The average Bonchev–Trinajstić information content (AvgIpc) is 2.42. The SMILES string of the molecule is CC(C)SC[C@@H](O)[C@H](O)[C@@H](N)CCC1CCCCC1. The van der Waals surface area contributed by atoms with Gasteiger partial charge in [-0.2, -0.15) is 11.8 Å². The maximum atomic E-state index is 10.0. The van der Waals surface area contributed by atoms with E-state index >= 15 is 0 Å². The number of nitrogens with two attached hydrogens (primary N) is 1. The van der Waals surface area contributed by atoms with Crippen LogP contribution in [-0.2, 0) is 0 Å². The largest absolute Gasteiger partial charge is 0.390 e. The lowest BCUT2D eigenvalue weighted by atomic mass is 9.84.